The van der Waals surface area contributed by atoms with E-state index in [-0.39, 0.29) is 5.92 Å². The van der Waals surface area contributed by atoms with Gasteiger partial charge in [-0.1, -0.05) is 164 Å². The summed E-state index contributed by atoms with van der Waals surface area (Å²) in [7, 11) is 0. The van der Waals surface area contributed by atoms with Crippen LogP contribution in [0, 0.1) is 0 Å². The molecule has 1 aliphatic rings. The van der Waals surface area contributed by atoms with E-state index >= 15 is 0 Å². The summed E-state index contributed by atoms with van der Waals surface area (Å²) in [6, 6.07) is 72.7. The Morgan fingerprint density at radius 3 is 1.19 bits per heavy atom. The maximum Gasteiger partial charge on any atom is 0.160 e. The fourth-order valence-corrected chi connectivity index (χ4v) is 8.46. The fourth-order valence-electron chi connectivity index (χ4n) is 8.46. The van der Waals surface area contributed by atoms with E-state index < -0.39 is 5.66 Å². The van der Waals surface area contributed by atoms with Gasteiger partial charge in [-0.2, -0.15) is 0 Å². The van der Waals surface area contributed by atoms with E-state index in [1.807, 2.05) is 0 Å². The van der Waals surface area contributed by atoms with Crippen molar-refractivity contribution in [3.8, 4) is 0 Å². The molecule has 0 unspecified atom stereocenters. The molecule has 0 amide bonds. The fraction of sp³-hybridized carbons (Fsp3) is 0.0385. The molecule has 9 aromatic rings. The van der Waals surface area contributed by atoms with Crippen LogP contribution >= 0.6 is 0 Å². The van der Waals surface area contributed by atoms with Gasteiger partial charge in [-0.05, 0) is 109 Å². The van der Waals surface area contributed by atoms with Gasteiger partial charge >= 0.3 is 0 Å². The number of para-hydroxylation sites is 2. The summed E-state index contributed by atoms with van der Waals surface area (Å²) in [4.78, 5) is 5.01. The van der Waals surface area contributed by atoms with E-state index in [1.165, 1.54) is 48.7 Å². The smallest absolute Gasteiger partial charge is 0.160 e. The predicted octanol–water partition coefficient (Wildman–Crippen LogP) is 13.9. The molecule has 0 fully saturated rings. The van der Waals surface area contributed by atoms with Crippen molar-refractivity contribution in [1.82, 2.24) is 0 Å². The summed E-state index contributed by atoms with van der Waals surface area (Å²) in [5.74, 6) is 0.139. The lowest BCUT2D eigenvalue weighted by atomic mass is 9.87. The molecule has 0 aliphatic heterocycles. The van der Waals surface area contributed by atoms with Crippen molar-refractivity contribution < 1.29 is 0 Å². The van der Waals surface area contributed by atoms with Gasteiger partial charge in [0.1, 0.15) is 0 Å². The number of allylic oxidation sites excluding steroid dienone is 2. The highest BCUT2D eigenvalue weighted by Gasteiger charge is 2.42. The summed E-state index contributed by atoms with van der Waals surface area (Å²) >= 11 is 0. The Morgan fingerprint density at radius 2 is 0.704 bits per heavy atom. The highest BCUT2D eigenvalue weighted by molar-refractivity contribution is 6.09. The van der Waals surface area contributed by atoms with Gasteiger partial charge in [0.25, 0.3) is 0 Å². The molecule has 0 spiro atoms. The quantitative estimate of drug-likeness (QED) is 0.0933. The third kappa shape index (κ3) is 5.43. The van der Waals surface area contributed by atoms with Crippen molar-refractivity contribution in [3.05, 3.63) is 230 Å². The molecule has 0 bridgehead atoms. The molecule has 2 nitrogen and oxygen atoms in total. The Kier molecular flexibility index (Phi) is 7.81. The average Bonchev–Trinajstić information content (AvgIpc) is 3.25. The van der Waals surface area contributed by atoms with Gasteiger partial charge < -0.3 is 9.80 Å². The summed E-state index contributed by atoms with van der Waals surface area (Å²) in [5, 5.41) is 9.94. The van der Waals surface area contributed by atoms with Crippen molar-refractivity contribution in [2.45, 2.75) is 11.6 Å². The summed E-state index contributed by atoms with van der Waals surface area (Å²) in [6.07, 6.45) is 9.59. The van der Waals surface area contributed by atoms with Gasteiger partial charge in [0.2, 0.25) is 0 Å². The van der Waals surface area contributed by atoms with Crippen molar-refractivity contribution >= 4 is 65.8 Å². The van der Waals surface area contributed by atoms with Crippen LogP contribution in [0.25, 0.3) is 43.1 Å². The first-order chi connectivity index (χ1) is 26.7. The van der Waals surface area contributed by atoms with Crippen molar-refractivity contribution in [2.24, 2.45) is 0 Å². The zero-order valence-corrected chi connectivity index (χ0v) is 29.8. The van der Waals surface area contributed by atoms with E-state index in [0.717, 1.165) is 22.7 Å². The summed E-state index contributed by atoms with van der Waals surface area (Å²) < 4.78 is 0. The zero-order valence-electron chi connectivity index (χ0n) is 29.8. The molecule has 9 aromatic carbocycles. The monoisotopic (exact) mass is 690 g/mol. The highest BCUT2D eigenvalue weighted by Crippen LogP contribution is 2.47. The number of fused-ring (bicyclic) bond motifs is 6. The lowest BCUT2D eigenvalue weighted by molar-refractivity contribution is 0.626. The number of hydrogen-bond donors (Lipinski definition) is 0. The molecule has 0 N–H and O–H groups in total. The molecule has 256 valence electrons. The van der Waals surface area contributed by atoms with Crippen LogP contribution in [0.1, 0.15) is 11.5 Å². The molecule has 10 rings (SSSR count). The Morgan fingerprint density at radius 1 is 0.315 bits per heavy atom. The minimum absolute atomic E-state index is 0.139. The maximum absolute atomic E-state index is 2.51. The first-order valence-electron chi connectivity index (χ1n) is 18.7. The standard InChI is InChI=1S/C52H38N2/c1-4-14-38(15-5-1)39-32-34-52(35-33-39,53(44-18-6-2-7-19-44)46-28-30-50-42(36-46)26-24-40-16-10-12-22-48(40)50)54(45-20-8-3-9-21-45)47-29-31-51-43(37-47)27-25-41-17-11-13-23-49(41)51/h1-37,39H. The number of benzene rings is 9. The van der Waals surface area contributed by atoms with Crippen molar-refractivity contribution in [3.63, 3.8) is 0 Å². The van der Waals surface area contributed by atoms with E-state index in [4.69, 9.17) is 0 Å². The molecule has 0 atom stereocenters. The Bertz CT molecular complexity index is 2660. The number of nitrogens with zero attached hydrogens (tertiary/aromatic N) is 2. The molecule has 54 heavy (non-hydrogen) atoms. The molecular weight excluding hydrogens is 653 g/mol. The van der Waals surface area contributed by atoms with Crippen LogP contribution < -0.4 is 9.80 Å². The van der Waals surface area contributed by atoms with Crippen molar-refractivity contribution in [1.29, 1.82) is 0 Å². The summed E-state index contributed by atoms with van der Waals surface area (Å²) in [6.45, 7) is 0. The molecule has 1 aliphatic carbocycles. The third-order valence-electron chi connectivity index (χ3n) is 11.0. The Labute approximate surface area is 316 Å². The topological polar surface area (TPSA) is 6.48 Å². The number of anilines is 4. The van der Waals surface area contributed by atoms with Gasteiger partial charge in [-0.15, -0.1) is 0 Å². The minimum atomic E-state index is -0.789. The van der Waals surface area contributed by atoms with E-state index in [2.05, 4.69) is 234 Å². The third-order valence-corrected chi connectivity index (χ3v) is 11.0. The highest BCUT2D eigenvalue weighted by atomic mass is 15.4. The largest absolute Gasteiger partial charge is 0.311 e. The van der Waals surface area contributed by atoms with E-state index in [1.54, 1.807) is 0 Å². The molecule has 0 saturated carbocycles. The lowest BCUT2D eigenvalue weighted by Crippen LogP contribution is -2.56. The molecule has 2 heteroatoms. The van der Waals surface area contributed by atoms with Gasteiger partial charge in [0, 0.05) is 28.7 Å². The van der Waals surface area contributed by atoms with Crippen LogP contribution in [0.4, 0.5) is 22.7 Å². The average molecular weight is 691 g/mol. The molecule has 0 aromatic heterocycles. The van der Waals surface area contributed by atoms with Gasteiger partial charge in [-0.25, -0.2) is 0 Å². The Balaban J connectivity index is 1.24. The molecule has 0 radical (unpaired) electrons. The summed E-state index contributed by atoms with van der Waals surface area (Å²) in [5.41, 5.74) is 4.87. The second kappa shape index (κ2) is 13.3. The normalized spacial score (nSPS) is 13.9. The molecular formula is C52H38N2. The van der Waals surface area contributed by atoms with E-state index in [0.29, 0.717) is 0 Å². The minimum Gasteiger partial charge on any atom is -0.311 e. The van der Waals surface area contributed by atoms with Crippen molar-refractivity contribution in [2.75, 3.05) is 9.80 Å². The maximum atomic E-state index is 2.51. The number of rotatable bonds is 7. The molecule has 0 saturated heterocycles. The van der Waals surface area contributed by atoms with Gasteiger partial charge in [-0.3, -0.25) is 0 Å². The number of hydrogen-bond acceptors (Lipinski definition) is 2. The lowest BCUT2D eigenvalue weighted by Gasteiger charge is -2.51. The zero-order chi connectivity index (χ0) is 35.9. The predicted molar refractivity (Wildman–Crippen MR) is 230 cm³/mol. The van der Waals surface area contributed by atoms with Crippen LogP contribution in [-0.2, 0) is 0 Å². The Hall–Kier alpha value is -6.90. The van der Waals surface area contributed by atoms with Crippen LogP contribution in [0.3, 0.4) is 0 Å². The first-order valence-corrected chi connectivity index (χ1v) is 18.7. The molecule has 0 heterocycles. The van der Waals surface area contributed by atoms with Crippen LogP contribution in [0.2, 0.25) is 0 Å². The first kappa shape index (κ1) is 31.8. The van der Waals surface area contributed by atoms with E-state index in [9.17, 15) is 0 Å². The SMILES string of the molecule is C1=CC(N(c2ccccc2)c2ccc3c(ccc4ccccc43)c2)(N(c2ccccc2)c2ccc3c(ccc4ccccc43)c2)C=CC1c1ccccc1. The second-order valence-corrected chi connectivity index (χ2v) is 14.2. The second-order valence-electron chi connectivity index (χ2n) is 14.2. The van der Waals surface area contributed by atoms with Crippen LogP contribution in [0.15, 0.2) is 224 Å². The van der Waals surface area contributed by atoms with Gasteiger partial charge in [0.15, 0.2) is 5.66 Å². The van der Waals surface area contributed by atoms with Crippen LogP contribution in [-0.4, -0.2) is 5.66 Å². The van der Waals surface area contributed by atoms with Crippen LogP contribution in [0.5, 0.6) is 0 Å². The van der Waals surface area contributed by atoms with Gasteiger partial charge in [0.05, 0.1) is 0 Å².